The van der Waals surface area contributed by atoms with E-state index >= 15 is 0 Å². The first kappa shape index (κ1) is 22.2. The second-order valence-electron chi connectivity index (χ2n) is 6.48. The molecule has 3 aromatic rings. The molecule has 3 N–H and O–H groups in total. The number of nitrogens with one attached hydrogen (secondary N) is 1. The average Bonchev–Trinajstić information content (AvgIpc) is 3.16. The summed E-state index contributed by atoms with van der Waals surface area (Å²) in [7, 11) is 0.187. The number of hydrogen-bond donors (Lipinski definition) is 3. The van der Waals surface area contributed by atoms with Gasteiger partial charge in [0.05, 0.1) is 10.6 Å². The Morgan fingerprint density at radius 3 is 2.43 bits per heavy atom. The Bertz CT molecular complexity index is 1000. The van der Waals surface area contributed by atoms with Crippen molar-refractivity contribution in [2.75, 3.05) is 25.2 Å². The largest absolute Gasteiger partial charge is 0.325 e. The number of anilines is 1. The maximum atomic E-state index is 12.4. The van der Waals surface area contributed by atoms with E-state index in [0.29, 0.717) is 22.3 Å². The van der Waals surface area contributed by atoms with Gasteiger partial charge in [-0.05, 0) is 43.3 Å². The number of benzene rings is 1. The van der Waals surface area contributed by atoms with E-state index in [9.17, 15) is 13.9 Å². The van der Waals surface area contributed by atoms with E-state index in [2.05, 4.69) is 20.5 Å². The lowest BCUT2D eigenvalue weighted by Crippen LogP contribution is -2.18. The second-order valence-corrected chi connectivity index (χ2v) is 9.66. The molecule has 0 saturated heterocycles. The van der Waals surface area contributed by atoms with E-state index in [0.717, 1.165) is 11.4 Å². The van der Waals surface area contributed by atoms with Crippen molar-refractivity contribution in [3.05, 3.63) is 48.8 Å². The van der Waals surface area contributed by atoms with Gasteiger partial charge in [0, 0.05) is 45.7 Å². The van der Waals surface area contributed by atoms with Crippen LogP contribution in [0.2, 0.25) is 0 Å². The summed E-state index contributed by atoms with van der Waals surface area (Å²) in [6, 6.07) is 10.2. The van der Waals surface area contributed by atoms with E-state index in [-0.39, 0.29) is 13.1 Å². The average molecular weight is 451 g/mol. The Morgan fingerprint density at radius 2 is 1.83 bits per heavy atom. The number of amides is 1. The van der Waals surface area contributed by atoms with Crippen LogP contribution in [0.1, 0.15) is 8.35 Å². The summed E-state index contributed by atoms with van der Waals surface area (Å²) in [6.07, 6.45) is 3.40. The summed E-state index contributed by atoms with van der Waals surface area (Å²) in [5, 5.41) is 11.9. The van der Waals surface area contributed by atoms with Crippen molar-refractivity contribution in [2.45, 2.75) is 23.5 Å². The smallest absolute Gasteiger partial charge is 0.234 e. The Kier molecular flexibility index (Phi) is 7.10. The number of aromatic nitrogens is 4. The summed E-state index contributed by atoms with van der Waals surface area (Å²) in [6.45, 7) is 2.67. The van der Waals surface area contributed by atoms with Crippen LogP contribution in [0.5, 0.6) is 0 Å². The van der Waals surface area contributed by atoms with Crippen molar-refractivity contribution < 1.29 is 15.3 Å². The number of nitrogens with zero attached hydrogens (tertiary/aromatic N) is 5. The van der Waals surface area contributed by atoms with E-state index in [1.807, 2.05) is 23.6 Å². The maximum absolute atomic E-state index is 12.4. The third-order valence-electron chi connectivity index (χ3n) is 4.27. The van der Waals surface area contributed by atoms with E-state index in [1.165, 1.54) is 16.1 Å². The topological polar surface area (TPSA) is 116 Å². The first-order valence-corrected chi connectivity index (χ1v) is 11.6. The molecule has 0 atom stereocenters. The molecular formula is C19H26N6O3S2. The molecule has 9 nitrogen and oxygen atoms in total. The highest BCUT2D eigenvalue weighted by atomic mass is 32.3. The Morgan fingerprint density at radius 1 is 1.17 bits per heavy atom. The number of carbonyl (C=O) groups is 1. The van der Waals surface area contributed by atoms with Gasteiger partial charge in [-0.1, -0.05) is 11.8 Å². The van der Waals surface area contributed by atoms with Gasteiger partial charge in [0.2, 0.25) is 5.91 Å². The standard InChI is InChI=1S/C19H24N6O3S2.H2/c1-4-25-18(14-9-11-20-12-10-14)22-23-19(25)29-13-17(26)21-15-5-7-16(8-6-15)30(27,28)24(2)3;/h5-12,27-28H,4,13H2,1-3H3,(H,21,26);1H. The van der Waals surface area contributed by atoms with Crippen LogP contribution in [0, 0.1) is 0 Å². The van der Waals surface area contributed by atoms with Crippen LogP contribution in [0.4, 0.5) is 5.69 Å². The fraction of sp³-hybridized carbons (Fsp3) is 0.263. The lowest BCUT2D eigenvalue weighted by Gasteiger charge is -2.38. The molecule has 2 aromatic heterocycles. The van der Waals surface area contributed by atoms with Gasteiger partial charge in [-0.25, -0.2) is 4.31 Å². The minimum atomic E-state index is -3.00. The first-order chi connectivity index (χ1) is 14.3. The van der Waals surface area contributed by atoms with Crippen LogP contribution in [-0.4, -0.2) is 58.9 Å². The van der Waals surface area contributed by atoms with Gasteiger partial charge in [0.1, 0.15) is 0 Å². The Hall–Kier alpha value is -2.44. The molecule has 0 radical (unpaired) electrons. The highest BCUT2D eigenvalue weighted by molar-refractivity contribution is 8.22. The summed E-state index contributed by atoms with van der Waals surface area (Å²) in [5.74, 6) is 0.713. The van der Waals surface area contributed by atoms with Crippen LogP contribution in [0.15, 0.2) is 58.8 Å². The molecule has 0 aliphatic carbocycles. The number of rotatable bonds is 8. The molecule has 0 fully saturated rings. The molecule has 1 amide bonds. The molecule has 3 rings (SSSR count). The van der Waals surface area contributed by atoms with Gasteiger partial charge >= 0.3 is 0 Å². The van der Waals surface area contributed by atoms with Crippen molar-refractivity contribution in [3.63, 3.8) is 0 Å². The molecule has 162 valence electrons. The summed E-state index contributed by atoms with van der Waals surface area (Å²) >= 11 is 1.30. The minimum absolute atomic E-state index is 0. The highest BCUT2D eigenvalue weighted by Gasteiger charge is 2.18. The third-order valence-corrected chi connectivity index (χ3v) is 7.16. The molecule has 1 aromatic carbocycles. The molecule has 11 heteroatoms. The quantitative estimate of drug-likeness (QED) is 0.442. The summed E-state index contributed by atoms with van der Waals surface area (Å²) < 4.78 is 23.6. The number of hydrogen-bond acceptors (Lipinski definition) is 8. The lowest BCUT2D eigenvalue weighted by atomic mass is 10.2. The number of carbonyl (C=O) groups excluding carboxylic acids is 1. The molecular weight excluding hydrogens is 424 g/mol. The predicted octanol–water partition coefficient (Wildman–Crippen LogP) is 3.92. The zero-order valence-electron chi connectivity index (χ0n) is 16.9. The highest BCUT2D eigenvalue weighted by Crippen LogP contribution is 2.49. The molecule has 0 unspecified atom stereocenters. The van der Waals surface area contributed by atoms with Gasteiger partial charge in [0.25, 0.3) is 0 Å². The molecule has 30 heavy (non-hydrogen) atoms. The summed E-state index contributed by atoms with van der Waals surface area (Å²) in [5.41, 5.74) is 1.49. The lowest BCUT2D eigenvalue weighted by molar-refractivity contribution is -0.113. The molecule has 0 spiro atoms. The van der Waals surface area contributed by atoms with Gasteiger partial charge in [0.15, 0.2) is 11.0 Å². The van der Waals surface area contributed by atoms with Gasteiger partial charge in [-0.3, -0.25) is 18.9 Å². The van der Waals surface area contributed by atoms with Crippen molar-refractivity contribution in [2.24, 2.45) is 0 Å². The molecule has 0 saturated carbocycles. The number of thioether (sulfide) groups is 1. The zero-order valence-corrected chi connectivity index (χ0v) is 18.5. The Balaban J connectivity index is 0.00000341. The second kappa shape index (κ2) is 9.58. The maximum Gasteiger partial charge on any atom is 0.234 e. The van der Waals surface area contributed by atoms with Crippen molar-refractivity contribution in [1.82, 2.24) is 24.1 Å². The van der Waals surface area contributed by atoms with Crippen LogP contribution < -0.4 is 5.32 Å². The van der Waals surface area contributed by atoms with Crippen LogP contribution >= 0.6 is 22.5 Å². The zero-order chi connectivity index (χ0) is 21.7. The van der Waals surface area contributed by atoms with E-state index < -0.39 is 10.8 Å². The van der Waals surface area contributed by atoms with Crippen molar-refractivity contribution in [3.8, 4) is 11.4 Å². The fourth-order valence-electron chi connectivity index (χ4n) is 2.65. The van der Waals surface area contributed by atoms with Crippen LogP contribution in [-0.2, 0) is 11.3 Å². The Labute approximate surface area is 182 Å². The molecule has 2 heterocycles. The van der Waals surface area contributed by atoms with Crippen LogP contribution in [0.25, 0.3) is 11.4 Å². The molecule has 0 bridgehead atoms. The van der Waals surface area contributed by atoms with Crippen molar-refractivity contribution in [1.29, 1.82) is 0 Å². The van der Waals surface area contributed by atoms with E-state index in [4.69, 9.17) is 0 Å². The monoisotopic (exact) mass is 450 g/mol. The summed E-state index contributed by atoms with van der Waals surface area (Å²) in [4.78, 5) is 16.8. The van der Waals surface area contributed by atoms with Crippen LogP contribution in [0.3, 0.4) is 0 Å². The molecule has 0 aliphatic heterocycles. The first-order valence-electron chi connectivity index (χ1n) is 9.15. The van der Waals surface area contributed by atoms with E-state index in [1.54, 1.807) is 50.8 Å². The number of pyridine rings is 1. The fourth-order valence-corrected chi connectivity index (χ4v) is 4.38. The van der Waals surface area contributed by atoms with Gasteiger partial charge < -0.3 is 9.88 Å². The van der Waals surface area contributed by atoms with Crippen molar-refractivity contribution >= 4 is 34.1 Å². The van der Waals surface area contributed by atoms with Gasteiger partial charge in [-0.2, -0.15) is 0 Å². The predicted molar refractivity (Wildman–Crippen MR) is 122 cm³/mol. The SMILES string of the molecule is CCn1c(SCC(=O)Nc2ccc(S(O)(O)N(C)C)cc2)nnc1-c1ccncc1.[HH]. The van der Waals surface area contributed by atoms with Gasteiger partial charge in [-0.15, -0.1) is 21.0 Å². The minimum Gasteiger partial charge on any atom is -0.325 e. The molecule has 0 aliphatic rings. The normalized spacial score (nSPS) is 12.2. The third kappa shape index (κ3) is 4.99.